The fourth-order valence-corrected chi connectivity index (χ4v) is 5.72. The molecule has 1 aromatic carbocycles. The van der Waals surface area contributed by atoms with Crippen LogP contribution in [0.3, 0.4) is 0 Å². The Morgan fingerprint density at radius 3 is 1.96 bits per heavy atom. The molecule has 2 aromatic rings. The van der Waals surface area contributed by atoms with Crippen LogP contribution in [-0.2, 0) is 32.3 Å². The van der Waals surface area contributed by atoms with E-state index in [0.717, 1.165) is 72.8 Å². The summed E-state index contributed by atoms with van der Waals surface area (Å²) in [4.78, 5) is 66.0. The third kappa shape index (κ3) is 24.0. The smallest absolute Gasteiger partial charge is 0.413 e. The van der Waals surface area contributed by atoms with Gasteiger partial charge >= 0.3 is 17.8 Å². The Labute approximate surface area is 327 Å². The monoisotopic (exact) mass is 759 g/mol. The van der Waals surface area contributed by atoms with Crippen LogP contribution in [0, 0.1) is 23.7 Å². The van der Waals surface area contributed by atoms with Crippen molar-refractivity contribution in [3.05, 3.63) is 58.6 Å². The molecule has 0 aliphatic carbocycles. The van der Waals surface area contributed by atoms with E-state index in [4.69, 9.17) is 4.74 Å². The second kappa shape index (κ2) is 30.3. The average molecular weight is 760 g/mol. The van der Waals surface area contributed by atoms with E-state index in [0.29, 0.717) is 6.42 Å². The van der Waals surface area contributed by atoms with Crippen molar-refractivity contribution >= 4 is 29.7 Å². The van der Waals surface area contributed by atoms with Crippen LogP contribution in [0.5, 0.6) is 0 Å². The maximum absolute atomic E-state index is 12.9. The Morgan fingerprint density at radius 1 is 0.800 bits per heavy atom. The molecule has 12 nitrogen and oxygen atoms in total. The molecule has 3 N–H and O–H groups in total. The number of carbonyl (C=O) groups excluding carboxylic acids is 3. The van der Waals surface area contributed by atoms with Crippen LogP contribution < -0.4 is 16.3 Å². The number of nitrogens with zero attached hydrogens (tertiary/aromatic N) is 3. The first-order valence-electron chi connectivity index (χ1n) is 20.1. The Bertz CT molecular complexity index is 1600. The van der Waals surface area contributed by atoms with E-state index in [9.17, 15) is 29.1 Å². The SMILES string of the molecule is CCCCCCCCCCCCC#CC#CCCCCCCCCC(=O)NCCN(CC(=O)O)C(=O)Cn1ccc(NC(=O)OCc2ccccc2)nc1=O. The van der Waals surface area contributed by atoms with Gasteiger partial charge in [-0.25, -0.2) is 9.59 Å². The normalized spacial score (nSPS) is 10.3. The summed E-state index contributed by atoms with van der Waals surface area (Å²) in [5.74, 6) is 10.2. The van der Waals surface area contributed by atoms with Crippen LogP contribution in [0.4, 0.5) is 10.6 Å². The second-order valence-corrected chi connectivity index (χ2v) is 13.6. The number of rotatable bonds is 28. The first kappa shape index (κ1) is 46.1. The first-order chi connectivity index (χ1) is 26.8. The van der Waals surface area contributed by atoms with E-state index >= 15 is 0 Å². The molecule has 1 heterocycles. The molecule has 0 saturated carbocycles. The third-order valence-electron chi connectivity index (χ3n) is 8.86. The van der Waals surface area contributed by atoms with E-state index in [1.807, 2.05) is 18.2 Å². The minimum Gasteiger partial charge on any atom is -0.480 e. The minimum absolute atomic E-state index is 0.0333. The molecule has 0 fully saturated rings. The van der Waals surface area contributed by atoms with Gasteiger partial charge in [-0.2, -0.15) is 4.98 Å². The average Bonchev–Trinajstić information content (AvgIpc) is 3.17. The molecular weight excluding hydrogens is 699 g/mol. The maximum atomic E-state index is 12.9. The van der Waals surface area contributed by atoms with Crippen LogP contribution in [0.1, 0.15) is 134 Å². The number of amides is 3. The van der Waals surface area contributed by atoms with Gasteiger partial charge in [0, 0.05) is 38.5 Å². The number of carbonyl (C=O) groups is 4. The number of carboxylic acid groups (broad SMARTS) is 1. The first-order valence-corrected chi connectivity index (χ1v) is 20.1. The van der Waals surface area contributed by atoms with E-state index in [2.05, 4.69) is 46.2 Å². The Kier molecular flexibility index (Phi) is 25.3. The molecule has 3 amide bonds. The third-order valence-corrected chi connectivity index (χ3v) is 8.86. The van der Waals surface area contributed by atoms with Gasteiger partial charge < -0.3 is 20.1 Å². The molecule has 0 atom stereocenters. The van der Waals surface area contributed by atoms with Gasteiger partial charge in [-0.05, 0) is 42.7 Å². The zero-order chi connectivity index (χ0) is 39.8. The number of benzene rings is 1. The van der Waals surface area contributed by atoms with Crippen LogP contribution in [0.15, 0.2) is 47.4 Å². The minimum atomic E-state index is -1.23. The molecule has 55 heavy (non-hydrogen) atoms. The molecule has 2 rings (SSSR count). The number of nitrogens with one attached hydrogen (secondary N) is 2. The van der Waals surface area contributed by atoms with Gasteiger partial charge in [-0.3, -0.25) is 24.3 Å². The summed E-state index contributed by atoms with van der Waals surface area (Å²) in [5.41, 5.74) is -0.0309. The Morgan fingerprint density at radius 2 is 1.38 bits per heavy atom. The van der Waals surface area contributed by atoms with Crippen molar-refractivity contribution in [3.8, 4) is 23.7 Å². The predicted molar refractivity (Wildman–Crippen MR) is 215 cm³/mol. The highest BCUT2D eigenvalue weighted by molar-refractivity contribution is 5.83. The standard InChI is InChI=1S/C43H61N5O7/c1-2-3-4-5-6-7-8-9-10-11-12-13-14-15-16-17-18-19-20-21-22-26-29-39(49)44-31-33-47(35-41(51)52)40(50)34-48-32-30-38(45-42(48)53)46-43(54)55-36-37-27-24-23-25-28-37/h23-25,27-28,30,32H,2-12,17-22,26,29,31,33-36H2,1H3,(H,44,49)(H,51,52)(H,45,46,53,54). The van der Waals surface area contributed by atoms with Crippen molar-refractivity contribution in [2.45, 2.75) is 142 Å². The molecule has 0 bridgehead atoms. The van der Waals surface area contributed by atoms with Gasteiger partial charge in [-0.1, -0.05) is 133 Å². The van der Waals surface area contributed by atoms with Crippen LogP contribution in [-0.4, -0.2) is 63.1 Å². The molecule has 0 unspecified atom stereocenters. The lowest BCUT2D eigenvalue weighted by atomic mass is 10.1. The lowest BCUT2D eigenvalue weighted by Gasteiger charge is -2.21. The van der Waals surface area contributed by atoms with Crippen LogP contribution >= 0.6 is 0 Å². The maximum Gasteiger partial charge on any atom is 0.413 e. The highest BCUT2D eigenvalue weighted by Gasteiger charge is 2.18. The predicted octanol–water partition coefficient (Wildman–Crippen LogP) is 7.46. The van der Waals surface area contributed by atoms with Gasteiger partial charge in [0.2, 0.25) is 11.8 Å². The second-order valence-electron chi connectivity index (χ2n) is 13.6. The molecule has 0 spiro atoms. The Hall–Kier alpha value is -5.10. The zero-order valence-corrected chi connectivity index (χ0v) is 32.8. The molecule has 12 heteroatoms. The topological polar surface area (TPSA) is 160 Å². The molecule has 300 valence electrons. The number of anilines is 1. The summed E-state index contributed by atoms with van der Waals surface area (Å²) >= 11 is 0. The van der Waals surface area contributed by atoms with Gasteiger partial charge in [-0.15, -0.1) is 0 Å². The number of aromatic nitrogens is 2. The highest BCUT2D eigenvalue weighted by Crippen LogP contribution is 2.11. The Balaban J connectivity index is 1.53. The van der Waals surface area contributed by atoms with Crippen molar-refractivity contribution in [1.29, 1.82) is 0 Å². The summed E-state index contributed by atoms with van der Waals surface area (Å²) in [7, 11) is 0. The summed E-state index contributed by atoms with van der Waals surface area (Å²) in [5, 5.41) is 14.4. The fourth-order valence-electron chi connectivity index (χ4n) is 5.72. The molecular formula is C43H61N5O7. The van der Waals surface area contributed by atoms with E-state index in [1.54, 1.807) is 12.1 Å². The summed E-state index contributed by atoms with van der Waals surface area (Å²) < 4.78 is 6.12. The van der Waals surface area contributed by atoms with Gasteiger partial charge in [0.25, 0.3) is 0 Å². The van der Waals surface area contributed by atoms with E-state index in [1.165, 1.54) is 70.1 Å². The van der Waals surface area contributed by atoms with Crippen LogP contribution in [0.25, 0.3) is 0 Å². The van der Waals surface area contributed by atoms with Gasteiger partial charge in [0.1, 0.15) is 25.5 Å². The fraction of sp³-hybridized carbons (Fsp3) is 0.581. The van der Waals surface area contributed by atoms with E-state index in [-0.39, 0.29) is 31.4 Å². The largest absolute Gasteiger partial charge is 0.480 e. The summed E-state index contributed by atoms with van der Waals surface area (Å²) in [6.07, 6.45) is 21.8. The lowest BCUT2D eigenvalue weighted by Crippen LogP contribution is -2.43. The number of ether oxygens (including phenoxy) is 1. The number of aliphatic carboxylic acids is 1. The lowest BCUT2D eigenvalue weighted by molar-refractivity contribution is -0.144. The molecule has 0 aliphatic rings. The molecule has 1 aromatic heterocycles. The quantitative estimate of drug-likeness (QED) is 0.0596. The van der Waals surface area contributed by atoms with Gasteiger partial charge in [0.15, 0.2) is 0 Å². The van der Waals surface area contributed by atoms with Crippen molar-refractivity contribution in [1.82, 2.24) is 19.8 Å². The van der Waals surface area contributed by atoms with Crippen LogP contribution in [0.2, 0.25) is 0 Å². The summed E-state index contributed by atoms with van der Waals surface area (Å²) in [6.45, 7) is 1.26. The number of unbranched alkanes of at least 4 members (excludes halogenated alkanes) is 16. The zero-order valence-electron chi connectivity index (χ0n) is 32.8. The number of carboxylic acids is 1. The van der Waals surface area contributed by atoms with Crippen molar-refractivity contribution in [2.24, 2.45) is 0 Å². The molecule has 0 aliphatic heterocycles. The molecule has 0 saturated heterocycles. The van der Waals surface area contributed by atoms with E-state index < -0.39 is 36.7 Å². The van der Waals surface area contributed by atoms with Crippen molar-refractivity contribution < 1.29 is 29.0 Å². The molecule has 0 radical (unpaired) electrons. The van der Waals surface area contributed by atoms with Crippen molar-refractivity contribution in [3.63, 3.8) is 0 Å². The van der Waals surface area contributed by atoms with Crippen molar-refractivity contribution in [2.75, 3.05) is 25.0 Å². The highest BCUT2D eigenvalue weighted by atomic mass is 16.5. The summed E-state index contributed by atoms with van der Waals surface area (Å²) in [6, 6.07) is 10.4. The number of hydrogen-bond donors (Lipinski definition) is 3. The van der Waals surface area contributed by atoms with Gasteiger partial charge in [0.05, 0.1) is 0 Å². The number of hydrogen-bond acceptors (Lipinski definition) is 7.